The highest BCUT2D eigenvalue weighted by Gasteiger charge is 2.21. The molecule has 1 aromatic carbocycles. The maximum absolute atomic E-state index is 11.2. The predicted octanol–water partition coefficient (Wildman–Crippen LogP) is 2.47. The highest BCUT2D eigenvalue weighted by Crippen LogP contribution is 2.29. The number of nitrogens with zero attached hydrogens (tertiary/aromatic N) is 1. The molecular formula is C14H20ClN2O2+. The van der Waals surface area contributed by atoms with Crippen LogP contribution < -0.4 is 10.2 Å². The number of amides is 1. The van der Waals surface area contributed by atoms with Crippen molar-refractivity contribution in [2.45, 2.75) is 19.4 Å². The Morgan fingerprint density at radius 1 is 1.42 bits per heavy atom. The Kier molecular flexibility index (Phi) is 4.74. The number of furan rings is 1. The number of quaternary nitrogens is 1. The van der Waals surface area contributed by atoms with Gasteiger partial charge in [0.15, 0.2) is 0 Å². The summed E-state index contributed by atoms with van der Waals surface area (Å²) in [5, 5.41) is 1.01. The van der Waals surface area contributed by atoms with Gasteiger partial charge < -0.3 is 10.2 Å². The lowest BCUT2D eigenvalue weighted by molar-refractivity contribution is -0.115. The van der Waals surface area contributed by atoms with Gasteiger partial charge in [-0.2, -0.15) is 0 Å². The first-order valence-electron chi connectivity index (χ1n) is 6.00. The van der Waals surface area contributed by atoms with Crippen LogP contribution in [0, 0.1) is 0 Å². The van der Waals surface area contributed by atoms with Gasteiger partial charge in [-0.15, -0.1) is 12.4 Å². The van der Waals surface area contributed by atoms with Gasteiger partial charge in [-0.25, -0.2) is 9.28 Å². The monoisotopic (exact) mass is 283 g/mol. The summed E-state index contributed by atoms with van der Waals surface area (Å²) in [5.41, 5.74) is 8.71. The molecule has 1 heterocycles. The van der Waals surface area contributed by atoms with E-state index in [9.17, 15) is 4.79 Å². The fourth-order valence-corrected chi connectivity index (χ4v) is 2.03. The van der Waals surface area contributed by atoms with Crippen LogP contribution in [0.4, 0.5) is 5.69 Å². The number of carbonyl (C=O) groups excluding carboxylic acids is 1. The average Bonchev–Trinajstić information content (AvgIpc) is 2.76. The summed E-state index contributed by atoms with van der Waals surface area (Å²) in [6.07, 6.45) is 3.31. The first-order chi connectivity index (χ1) is 8.44. The predicted molar refractivity (Wildman–Crippen MR) is 80.5 cm³/mol. The molecule has 0 radical (unpaired) electrons. The highest BCUT2D eigenvalue weighted by molar-refractivity contribution is 5.86. The fraction of sp³-hybridized carbons (Fsp3) is 0.357. The van der Waals surface area contributed by atoms with Crippen molar-refractivity contribution in [1.82, 2.24) is 4.48 Å². The van der Waals surface area contributed by atoms with E-state index in [0.29, 0.717) is 0 Å². The molecule has 0 saturated carbocycles. The van der Waals surface area contributed by atoms with E-state index in [1.165, 1.54) is 0 Å². The molecule has 0 aliphatic rings. The van der Waals surface area contributed by atoms with Crippen LogP contribution in [0.1, 0.15) is 12.5 Å². The molecule has 4 nitrogen and oxygen atoms in total. The van der Waals surface area contributed by atoms with Crippen LogP contribution in [0.15, 0.2) is 28.9 Å². The third-order valence-corrected chi connectivity index (χ3v) is 3.08. The van der Waals surface area contributed by atoms with Crippen LogP contribution in [0.25, 0.3) is 11.0 Å². The van der Waals surface area contributed by atoms with Crippen LogP contribution in [0.3, 0.4) is 0 Å². The topological polar surface area (TPSA) is 56.2 Å². The van der Waals surface area contributed by atoms with E-state index in [1.807, 2.05) is 39.2 Å². The number of hydrogen-bond donors (Lipinski definition) is 1. The number of halogens is 1. The van der Waals surface area contributed by atoms with Crippen molar-refractivity contribution in [3.63, 3.8) is 0 Å². The Hall–Kier alpha value is -1.36. The Bertz CT molecular complexity index is 576. The van der Waals surface area contributed by atoms with Crippen molar-refractivity contribution in [3.05, 3.63) is 30.0 Å². The smallest absolute Gasteiger partial charge is 0.306 e. The van der Waals surface area contributed by atoms with E-state index in [0.717, 1.165) is 35.1 Å². The van der Waals surface area contributed by atoms with E-state index in [2.05, 4.69) is 0 Å². The van der Waals surface area contributed by atoms with Gasteiger partial charge in [-0.05, 0) is 19.4 Å². The summed E-state index contributed by atoms with van der Waals surface area (Å²) in [7, 11) is 3.70. The zero-order valence-corrected chi connectivity index (χ0v) is 12.2. The van der Waals surface area contributed by atoms with Crippen LogP contribution in [-0.4, -0.2) is 26.5 Å². The molecule has 0 spiro atoms. The lowest BCUT2D eigenvalue weighted by Crippen LogP contribution is -2.38. The van der Waals surface area contributed by atoms with Gasteiger partial charge in [-0.1, -0.05) is 0 Å². The third kappa shape index (κ3) is 3.15. The molecule has 0 saturated heterocycles. The minimum atomic E-state index is 0. The first-order valence-corrected chi connectivity index (χ1v) is 6.00. The molecule has 0 aliphatic heterocycles. The molecule has 1 aromatic heterocycles. The number of hydrogen-bond acceptors (Lipinski definition) is 3. The summed E-state index contributed by atoms with van der Waals surface area (Å²) < 4.78 is 5.69. The minimum Gasteiger partial charge on any atom is -0.464 e. The largest absolute Gasteiger partial charge is 0.464 e. The molecule has 5 heteroatoms. The molecule has 2 N–H and O–H groups in total. The van der Waals surface area contributed by atoms with Crippen LogP contribution in [0.5, 0.6) is 0 Å². The Labute approximate surface area is 119 Å². The van der Waals surface area contributed by atoms with Crippen molar-refractivity contribution >= 4 is 35.5 Å². The van der Waals surface area contributed by atoms with Gasteiger partial charge >= 0.3 is 6.41 Å². The maximum atomic E-state index is 11.2. The molecule has 2 aromatic rings. The van der Waals surface area contributed by atoms with E-state index >= 15 is 0 Å². The van der Waals surface area contributed by atoms with E-state index in [1.54, 1.807) is 6.26 Å². The van der Waals surface area contributed by atoms with Crippen molar-refractivity contribution in [3.8, 4) is 0 Å². The van der Waals surface area contributed by atoms with Crippen LogP contribution in [-0.2, 0) is 11.2 Å². The second kappa shape index (κ2) is 5.74. The number of carbonyl (C=O) groups is 1. The third-order valence-electron chi connectivity index (χ3n) is 3.08. The quantitative estimate of drug-likeness (QED) is 0.693. The van der Waals surface area contributed by atoms with Crippen molar-refractivity contribution < 1.29 is 9.21 Å². The maximum Gasteiger partial charge on any atom is 0.306 e. The lowest BCUT2D eigenvalue weighted by Gasteiger charge is -2.21. The van der Waals surface area contributed by atoms with Crippen molar-refractivity contribution in [2.75, 3.05) is 14.1 Å². The molecular weight excluding hydrogens is 264 g/mol. The zero-order valence-electron chi connectivity index (χ0n) is 11.4. The molecule has 19 heavy (non-hydrogen) atoms. The molecule has 104 valence electrons. The fourth-order valence-electron chi connectivity index (χ4n) is 2.03. The molecule has 0 fully saturated rings. The number of nitrogens with two attached hydrogens (primary N) is 1. The summed E-state index contributed by atoms with van der Waals surface area (Å²) in [6.45, 7) is 1.96. The molecule has 1 unspecified atom stereocenters. The van der Waals surface area contributed by atoms with Gasteiger partial charge in [0.2, 0.25) is 0 Å². The summed E-state index contributed by atoms with van der Waals surface area (Å²) >= 11 is 0. The Balaban J connectivity index is 0.00000180. The molecule has 1 amide bonds. The minimum absolute atomic E-state index is 0. The van der Waals surface area contributed by atoms with Gasteiger partial charge in [0.1, 0.15) is 11.3 Å². The van der Waals surface area contributed by atoms with Gasteiger partial charge in [0, 0.05) is 29.1 Å². The SMILES string of the molecule is CC(N)Cc1cc([N+](C)(C)C=O)cc2ccoc12.Cl. The van der Waals surface area contributed by atoms with E-state index in [-0.39, 0.29) is 22.9 Å². The van der Waals surface area contributed by atoms with Gasteiger partial charge in [-0.3, -0.25) is 0 Å². The average molecular weight is 284 g/mol. The number of benzene rings is 1. The van der Waals surface area contributed by atoms with Crippen LogP contribution in [0.2, 0.25) is 0 Å². The van der Waals surface area contributed by atoms with Crippen molar-refractivity contribution in [1.29, 1.82) is 0 Å². The van der Waals surface area contributed by atoms with E-state index < -0.39 is 0 Å². The second-order valence-electron chi connectivity index (χ2n) is 5.27. The zero-order chi connectivity index (χ0) is 13.3. The molecule has 1 atom stereocenters. The lowest BCUT2D eigenvalue weighted by atomic mass is 10.0. The van der Waals surface area contributed by atoms with Crippen molar-refractivity contribution in [2.24, 2.45) is 5.73 Å². The van der Waals surface area contributed by atoms with Gasteiger partial charge in [0.25, 0.3) is 0 Å². The Morgan fingerprint density at radius 3 is 2.68 bits per heavy atom. The highest BCUT2D eigenvalue weighted by atomic mass is 35.5. The summed E-state index contributed by atoms with van der Waals surface area (Å²) in [5.74, 6) is 0. The summed E-state index contributed by atoms with van der Waals surface area (Å²) in [4.78, 5) is 11.2. The Morgan fingerprint density at radius 2 is 2.11 bits per heavy atom. The van der Waals surface area contributed by atoms with Gasteiger partial charge in [0.05, 0.1) is 20.4 Å². The second-order valence-corrected chi connectivity index (χ2v) is 5.27. The molecule has 0 aliphatic carbocycles. The molecule has 0 bridgehead atoms. The normalized spacial score (nSPS) is 13.1. The first kappa shape index (κ1) is 15.7. The van der Waals surface area contributed by atoms with E-state index in [4.69, 9.17) is 10.2 Å². The van der Waals surface area contributed by atoms with Crippen LogP contribution >= 0.6 is 12.4 Å². The summed E-state index contributed by atoms with van der Waals surface area (Å²) in [6, 6.07) is 5.95. The standard InChI is InChI=1S/C14H19N2O2.ClH/c1-10(15)6-12-8-13(16(2,3)9-17)7-11-4-5-18-14(11)12;/h4-5,7-10H,6,15H2,1-3H3;1H/q+1;. The number of rotatable bonds is 4. The number of fused-ring (bicyclic) bond motifs is 1. The molecule has 2 rings (SSSR count).